The lowest BCUT2D eigenvalue weighted by Crippen LogP contribution is -2.42. The Balaban J connectivity index is 1.28. The second-order valence-electron chi connectivity index (χ2n) is 10.8. The molecule has 0 aliphatic carbocycles. The van der Waals surface area contributed by atoms with Crippen LogP contribution in [0.1, 0.15) is 45.6 Å². The monoisotopic (exact) mass is 569 g/mol. The Morgan fingerprint density at radius 2 is 1.62 bits per heavy atom. The van der Waals surface area contributed by atoms with Crippen LogP contribution in [0.5, 0.6) is 0 Å². The Labute approximate surface area is 226 Å². The van der Waals surface area contributed by atoms with E-state index < -0.39 is 33.5 Å². The molecule has 9 nitrogen and oxygen atoms in total. The van der Waals surface area contributed by atoms with Crippen molar-refractivity contribution in [1.29, 1.82) is 0 Å². The van der Waals surface area contributed by atoms with Crippen LogP contribution in [0.15, 0.2) is 47.5 Å². The fourth-order valence-electron chi connectivity index (χ4n) is 4.66. The number of ether oxygens (including phenoxy) is 1. The zero-order valence-electron chi connectivity index (χ0n) is 22.2. The van der Waals surface area contributed by atoms with E-state index >= 15 is 0 Å². The van der Waals surface area contributed by atoms with E-state index in [0.29, 0.717) is 25.2 Å². The predicted octanol–water partition coefficient (Wildman–Crippen LogP) is 4.47. The summed E-state index contributed by atoms with van der Waals surface area (Å²) in [7, 11) is -3.69. The lowest BCUT2D eigenvalue weighted by molar-refractivity contribution is -0.137. The molecule has 0 bridgehead atoms. The first-order chi connectivity index (χ1) is 18.2. The molecule has 2 fully saturated rings. The molecule has 1 aromatic carbocycles. The van der Waals surface area contributed by atoms with E-state index in [1.54, 1.807) is 24.3 Å². The van der Waals surface area contributed by atoms with Gasteiger partial charge in [-0.1, -0.05) is 0 Å². The molecule has 2 aliphatic heterocycles. The van der Waals surface area contributed by atoms with Crippen molar-refractivity contribution in [3.63, 3.8) is 0 Å². The van der Waals surface area contributed by atoms with Gasteiger partial charge in [-0.05, 0) is 76.4 Å². The number of sulfonamides is 1. The van der Waals surface area contributed by atoms with E-state index in [2.05, 4.69) is 20.5 Å². The van der Waals surface area contributed by atoms with E-state index in [1.807, 2.05) is 20.8 Å². The number of benzene rings is 1. The molecule has 0 saturated carbocycles. The number of nitrogens with one attached hydrogen (secondary N) is 2. The topological polar surface area (TPSA) is 104 Å². The number of piperidine rings is 1. The highest BCUT2D eigenvalue weighted by Crippen LogP contribution is 2.30. The largest absolute Gasteiger partial charge is 0.444 e. The molecular weight excluding hydrogens is 535 g/mol. The minimum atomic E-state index is -4.45. The molecule has 0 radical (unpaired) electrons. The summed E-state index contributed by atoms with van der Waals surface area (Å²) in [6.45, 7) is 7.31. The molecule has 0 unspecified atom stereocenters. The van der Waals surface area contributed by atoms with Gasteiger partial charge in [-0.3, -0.25) is 0 Å². The summed E-state index contributed by atoms with van der Waals surface area (Å²) in [5, 5.41) is 5.98. The summed E-state index contributed by atoms with van der Waals surface area (Å²) >= 11 is 0. The van der Waals surface area contributed by atoms with Crippen LogP contribution in [0.25, 0.3) is 0 Å². The molecule has 2 aliphatic rings. The molecule has 2 saturated heterocycles. The number of aromatic nitrogens is 1. The number of nitrogens with zero attached hydrogens (tertiary/aromatic N) is 3. The van der Waals surface area contributed by atoms with Gasteiger partial charge < -0.3 is 20.3 Å². The molecule has 2 N–H and O–H groups in total. The molecule has 39 heavy (non-hydrogen) atoms. The lowest BCUT2D eigenvalue weighted by atomic mass is 10.1. The third-order valence-corrected chi connectivity index (χ3v) is 8.56. The third-order valence-electron chi connectivity index (χ3n) is 6.65. The van der Waals surface area contributed by atoms with Crippen molar-refractivity contribution in [2.45, 2.75) is 68.8 Å². The Hall–Kier alpha value is -3.06. The average molecular weight is 570 g/mol. The number of alkyl carbamates (subject to hydrolysis) is 1. The van der Waals surface area contributed by atoms with Crippen LogP contribution in [0.3, 0.4) is 0 Å². The molecular formula is C26H34F3N5O4S. The van der Waals surface area contributed by atoms with Gasteiger partial charge in [0.05, 0.1) is 16.5 Å². The molecule has 4 rings (SSSR count). The highest BCUT2D eigenvalue weighted by molar-refractivity contribution is 7.89. The number of carbonyl (C=O) groups is 1. The first kappa shape index (κ1) is 28.9. The number of anilines is 2. The Kier molecular flexibility index (Phi) is 8.31. The van der Waals surface area contributed by atoms with Gasteiger partial charge >= 0.3 is 12.3 Å². The van der Waals surface area contributed by atoms with Crippen molar-refractivity contribution in [1.82, 2.24) is 14.6 Å². The fraction of sp³-hybridized carbons (Fsp3) is 0.538. The third kappa shape index (κ3) is 7.53. The first-order valence-electron chi connectivity index (χ1n) is 12.9. The molecule has 3 heterocycles. The molecule has 1 aromatic heterocycles. The SMILES string of the molecule is CC(C)(C)OC(=O)N[C@@H]1CCN(c2ccc(S(=O)(=O)N3CCC(Nc4ccc(C(F)(F)F)cn4)CC3)cc2)C1. The summed E-state index contributed by atoms with van der Waals surface area (Å²) in [6.07, 6.45) is -2.36. The summed E-state index contributed by atoms with van der Waals surface area (Å²) in [4.78, 5) is 18.2. The number of halogens is 3. The van der Waals surface area contributed by atoms with Crippen LogP contribution >= 0.6 is 0 Å². The van der Waals surface area contributed by atoms with Crippen molar-refractivity contribution in [3.8, 4) is 0 Å². The maximum atomic E-state index is 13.2. The summed E-state index contributed by atoms with van der Waals surface area (Å²) < 4.78 is 71.4. The van der Waals surface area contributed by atoms with Crippen molar-refractivity contribution in [2.24, 2.45) is 0 Å². The minimum Gasteiger partial charge on any atom is -0.444 e. The summed E-state index contributed by atoms with van der Waals surface area (Å²) in [6, 6.07) is 8.82. The number of hydrogen-bond donors (Lipinski definition) is 2. The molecule has 1 atom stereocenters. The maximum absolute atomic E-state index is 13.2. The normalized spacial score (nSPS) is 19.6. The number of rotatable bonds is 6. The van der Waals surface area contributed by atoms with E-state index in [0.717, 1.165) is 30.9 Å². The number of carbonyl (C=O) groups excluding carboxylic acids is 1. The van der Waals surface area contributed by atoms with Gasteiger partial charge in [-0.15, -0.1) is 0 Å². The Morgan fingerprint density at radius 1 is 0.974 bits per heavy atom. The van der Waals surface area contributed by atoms with Crippen molar-refractivity contribution < 1.29 is 31.1 Å². The van der Waals surface area contributed by atoms with E-state index in [9.17, 15) is 26.4 Å². The van der Waals surface area contributed by atoms with Gasteiger partial charge in [0.2, 0.25) is 10.0 Å². The number of alkyl halides is 3. The fourth-order valence-corrected chi connectivity index (χ4v) is 6.13. The number of hydrogen-bond acceptors (Lipinski definition) is 7. The van der Waals surface area contributed by atoms with Gasteiger partial charge in [0.15, 0.2) is 0 Å². The van der Waals surface area contributed by atoms with Crippen molar-refractivity contribution >= 4 is 27.6 Å². The van der Waals surface area contributed by atoms with Crippen LogP contribution < -0.4 is 15.5 Å². The van der Waals surface area contributed by atoms with Crippen LogP contribution in [0, 0.1) is 0 Å². The summed E-state index contributed by atoms with van der Waals surface area (Å²) in [5.74, 6) is 0.324. The van der Waals surface area contributed by atoms with Gasteiger partial charge in [-0.25, -0.2) is 18.2 Å². The average Bonchev–Trinajstić information content (AvgIpc) is 3.31. The van der Waals surface area contributed by atoms with E-state index in [-0.39, 0.29) is 30.1 Å². The van der Waals surface area contributed by atoms with E-state index in [1.165, 1.54) is 10.4 Å². The molecule has 214 valence electrons. The van der Waals surface area contributed by atoms with Gasteiger partial charge in [-0.2, -0.15) is 17.5 Å². The predicted molar refractivity (Wildman–Crippen MR) is 141 cm³/mol. The smallest absolute Gasteiger partial charge is 0.417 e. The quantitative estimate of drug-likeness (QED) is 0.529. The zero-order chi connectivity index (χ0) is 28.4. The van der Waals surface area contributed by atoms with Crippen LogP contribution in [-0.2, 0) is 20.9 Å². The number of pyridine rings is 1. The van der Waals surface area contributed by atoms with Crippen LogP contribution in [0.2, 0.25) is 0 Å². The minimum absolute atomic E-state index is 0.0593. The van der Waals surface area contributed by atoms with Gasteiger partial charge in [0.25, 0.3) is 0 Å². The van der Waals surface area contributed by atoms with Crippen LogP contribution in [0.4, 0.5) is 29.5 Å². The first-order valence-corrected chi connectivity index (χ1v) is 14.3. The maximum Gasteiger partial charge on any atom is 0.417 e. The molecule has 13 heteroatoms. The van der Waals surface area contributed by atoms with E-state index in [4.69, 9.17) is 4.74 Å². The van der Waals surface area contributed by atoms with Crippen molar-refractivity contribution in [3.05, 3.63) is 48.2 Å². The Bertz CT molecular complexity index is 1240. The highest BCUT2D eigenvalue weighted by atomic mass is 32.2. The second-order valence-corrected chi connectivity index (χ2v) is 12.8. The van der Waals surface area contributed by atoms with Gasteiger partial charge in [0.1, 0.15) is 11.4 Å². The highest BCUT2D eigenvalue weighted by Gasteiger charge is 2.32. The van der Waals surface area contributed by atoms with Gasteiger partial charge in [0, 0.05) is 44.1 Å². The molecule has 2 aromatic rings. The van der Waals surface area contributed by atoms with Crippen LogP contribution in [-0.4, -0.2) is 67.7 Å². The molecule has 1 amide bonds. The number of amides is 1. The standard InChI is InChI=1S/C26H34F3N5O4S/c1-25(2,3)38-24(35)32-20-10-13-33(17-20)21-5-7-22(8-6-21)39(36,37)34-14-11-19(12-15-34)31-23-9-4-18(16-30-23)26(27,28)29/h4-9,16,19-20H,10-15,17H2,1-3H3,(H,30,31)(H,32,35)/t20-/m1/s1. The molecule has 0 spiro atoms. The zero-order valence-corrected chi connectivity index (χ0v) is 23.0. The summed E-state index contributed by atoms with van der Waals surface area (Å²) in [5.41, 5.74) is -0.518. The second kappa shape index (κ2) is 11.2. The van der Waals surface area contributed by atoms with Crippen molar-refractivity contribution in [2.75, 3.05) is 36.4 Å². The Morgan fingerprint density at radius 3 is 2.18 bits per heavy atom. The lowest BCUT2D eigenvalue weighted by Gasteiger charge is -2.32.